The second-order valence-corrected chi connectivity index (χ2v) is 6.45. The fourth-order valence-corrected chi connectivity index (χ4v) is 3.52. The summed E-state index contributed by atoms with van der Waals surface area (Å²) in [5.74, 6) is -0.323. The number of carbonyl (C=O) groups is 1. The molecule has 0 aliphatic carbocycles. The molecule has 130 valence electrons. The number of rotatable bonds is 5. The molecule has 2 aromatic carbocycles. The number of amidine groups is 1. The monoisotopic (exact) mass is 337 g/mol. The maximum atomic E-state index is 12.3. The number of nitrogens with zero attached hydrogens (tertiary/aromatic N) is 1. The molecule has 5 heteroatoms. The van der Waals surface area contributed by atoms with Crippen molar-refractivity contribution in [2.24, 2.45) is 11.7 Å². The first-order valence-corrected chi connectivity index (χ1v) is 8.37. The lowest BCUT2D eigenvalue weighted by atomic mass is 9.88. The average Bonchev–Trinajstić information content (AvgIpc) is 3.06. The van der Waals surface area contributed by atoms with Crippen LogP contribution >= 0.6 is 0 Å². The predicted octanol–water partition coefficient (Wildman–Crippen LogP) is 2.36. The molecule has 2 aromatic rings. The number of hydrogen-bond acceptors (Lipinski definition) is 4. The zero-order valence-electron chi connectivity index (χ0n) is 14.3. The van der Waals surface area contributed by atoms with Crippen molar-refractivity contribution in [2.45, 2.75) is 12.5 Å². The number of ether oxygens (including phenoxy) is 1. The Labute approximate surface area is 147 Å². The maximum absolute atomic E-state index is 12.3. The van der Waals surface area contributed by atoms with Crippen LogP contribution in [0.25, 0.3) is 0 Å². The number of hydrogen-bond donors (Lipinski definition) is 2. The van der Waals surface area contributed by atoms with Crippen molar-refractivity contribution in [1.29, 1.82) is 5.41 Å². The van der Waals surface area contributed by atoms with Crippen molar-refractivity contribution < 1.29 is 9.53 Å². The second kappa shape index (κ2) is 7.49. The first-order valence-electron chi connectivity index (χ1n) is 8.37. The van der Waals surface area contributed by atoms with E-state index in [2.05, 4.69) is 17.0 Å². The van der Waals surface area contributed by atoms with Crippen LogP contribution in [0.5, 0.6) is 0 Å². The SMILES string of the molecule is COC(=O)[C@H]1CN(Cc2ccccc2)C[C@@H]1c1cccc(C(=N)N)c1. The summed E-state index contributed by atoms with van der Waals surface area (Å²) < 4.78 is 5.03. The van der Waals surface area contributed by atoms with E-state index < -0.39 is 0 Å². The van der Waals surface area contributed by atoms with Gasteiger partial charge in [0.2, 0.25) is 0 Å². The van der Waals surface area contributed by atoms with Crippen LogP contribution in [0.1, 0.15) is 22.6 Å². The van der Waals surface area contributed by atoms with E-state index in [4.69, 9.17) is 15.9 Å². The molecule has 1 aliphatic heterocycles. The van der Waals surface area contributed by atoms with E-state index in [0.29, 0.717) is 12.1 Å². The van der Waals surface area contributed by atoms with Gasteiger partial charge in [0.1, 0.15) is 5.84 Å². The fourth-order valence-electron chi connectivity index (χ4n) is 3.52. The van der Waals surface area contributed by atoms with Crippen LogP contribution in [0.15, 0.2) is 54.6 Å². The third kappa shape index (κ3) is 3.88. The molecular weight excluding hydrogens is 314 g/mol. The summed E-state index contributed by atoms with van der Waals surface area (Å²) in [5, 5.41) is 7.64. The van der Waals surface area contributed by atoms with Gasteiger partial charge in [-0.3, -0.25) is 15.1 Å². The molecule has 1 saturated heterocycles. The molecular formula is C20H23N3O2. The first kappa shape index (κ1) is 17.2. The third-order valence-corrected chi connectivity index (χ3v) is 4.77. The summed E-state index contributed by atoms with van der Waals surface area (Å²) in [7, 11) is 1.44. The minimum absolute atomic E-state index is 0.0375. The van der Waals surface area contributed by atoms with Gasteiger partial charge in [0.05, 0.1) is 13.0 Å². The molecule has 0 bridgehead atoms. The highest BCUT2D eigenvalue weighted by atomic mass is 16.5. The molecule has 0 saturated carbocycles. The van der Waals surface area contributed by atoms with Gasteiger partial charge in [0, 0.05) is 31.1 Å². The minimum atomic E-state index is -0.212. The van der Waals surface area contributed by atoms with E-state index in [-0.39, 0.29) is 23.6 Å². The van der Waals surface area contributed by atoms with Crippen molar-refractivity contribution >= 4 is 11.8 Å². The van der Waals surface area contributed by atoms with Gasteiger partial charge in [-0.1, -0.05) is 48.5 Å². The van der Waals surface area contributed by atoms with E-state index in [1.54, 1.807) is 0 Å². The number of methoxy groups -OCH3 is 1. The molecule has 1 aliphatic rings. The van der Waals surface area contributed by atoms with Crippen molar-refractivity contribution in [2.75, 3.05) is 20.2 Å². The van der Waals surface area contributed by atoms with E-state index in [9.17, 15) is 4.79 Å². The minimum Gasteiger partial charge on any atom is -0.469 e. The van der Waals surface area contributed by atoms with Crippen molar-refractivity contribution in [3.8, 4) is 0 Å². The Kier molecular flexibility index (Phi) is 5.14. The zero-order valence-corrected chi connectivity index (χ0v) is 14.3. The molecule has 5 nitrogen and oxygen atoms in total. The molecule has 0 unspecified atom stereocenters. The quantitative estimate of drug-likeness (QED) is 0.499. The number of nitrogens with two attached hydrogens (primary N) is 1. The van der Waals surface area contributed by atoms with Gasteiger partial charge in [0.15, 0.2) is 0 Å². The summed E-state index contributed by atoms with van der Waals surface area (Å²) in [5.41, 5.74) is 8.55. The largest absolute Gasteiger partial charge is 0.469 e. The Morgan fingerprint density at radius 3 is 2.64 bits per heavy atom. The van der Waals surface area contributed by atoms with Crippen molar-refractivity contribution in [3.05, 3.63) is 71.3 Å². The van der Waals surface area contributed by atoms with Gasteiger partial charge >= 0.3 is 5.97 Å². The third-order valence-electron chi connectivity index (χ3n) is 4.77. The molecule has 3 rings (SSSR count). The Bertz CT molecular complexity index is 761. The van der Waals surface area contributed by atoms with Gasteiger partial charge < -0.3 is 10.5 Å². The standard InChI is InChI=1S/C20H23N3O2/c1-25-20(24)18-13-23(11-14-6-3-2-4-7-14)12-17(18)15-8-5-9-16(10-15)19(21)22/h2-10,17-18H,11-13H2,1H3,(H3,21,22)/t17-,18+/m1/s1. The molecule has 3 N–H and O–H groups in total. The molecule has 1 heterocycles. The number of likely N-dealkylation sites (tertiary alicyclic amines) is 1. The van der Waals surface area contributed by atoms with Crippen LogP contribution in [0, 0.1) is 11.3 Å². The smallest absolute Gasteiger partial charge is 0.310 e. The molecule has 0 spiro atoms. The highest BCUT2D eigenvalue weighted by Gasteiger charge is 2.39. The molecule has 1 fully saturated rings. The molecule has 25 heavy (non-hydrogen) atoms. The van der Waals surface area contributed by atoms with E-state index in [0.717, 1.165) is 18.7 Å². The summed E-state index contributed by atoms with van der Waals surface area (Å²) in [6.45, 7) is 2.24. The number of esters is 1. The van der Waals surface area contributed by atoms with Gasteiger partial charge in [-0.05, 0) is 17.2 Å². The Hall–Kier alpha value is -2.66. The number of nitrogen functional groups attached to an aromatic ring is 1. The number of benzene rings is 2. The van der Waals surface area contributed by atoms with Gasteiger partial charge in [0.25, 0.3) is 0 Å². The van der Waals surface area contributed by atoms with Crippen LogP contribution in [-0.4, -0.2) is 36.9 Å². The lowest BCUT2D eigenvalue weighted by Crippen LogP contribution is -2.24. The van der Waals surface area contributed by atoms with Crippen LogP contribution in [0.3, 0.4) is 0 Å². The summed E-state index contributed by atoms with van der Waals surface area (Å²) >= 11 is 0. The second-order valence-electron chi connectivity index (χ2n) is 6.45. The van der Waals surface area contributed by atoms with Gasteiger partial charge in [-0.15, -0.1) is 0 Å². The summed E-state index contributed by atoms with van der Waals surface area (Å²) in [6, 6.07) is 17.9. The molecule has 0 aromatic heterocycles. The normalized spacial score (nSPS) is 20.4. The lowest BCUT2D eigenvalue weighted by Gasteiger charge is -2.17. The predicted molar refractivity (Wildman–Crippen MR) is 97.4 cm³/mol. The molecule has 0 radical (unpaired) electrons. The van der Waals surface area contributed by atoms with E-state index >= 15 is 0 Å². The highest BCUT2D eigenvalue weighted by Crippen LogP contribution is 2.34. The zero-order chi connectivity index (χ0) is 17.8. The Morgan fingerprint density at radius 1 is 1.20 bits per heavy atom. The maximum Gasteiger partial charge on any atom is 0.310 e. The van der Waals surface area contributed by atoms with Crippen LogP contribution in [0.2, 0.25) is 0 Å². The average molecular weight is 337 g/mol. The van der Waals surface area contributed by atoms with Crippen LogP contribution < -0.4 is 5.73 Å². The van der Waals surface area contributed by atoms with Crippen LogP contribution in [-0.2, 0) is 16.1 Å². The van der Waals surface area contributed by atoms with E-state index in [1.807, 2.05) is 42.5 Å². The number of carbonyl (C=O) groups excluding carboxylic acids is 1. The first-order chi connectivity index (χ1) is 12.1. The summed E-state index contributed by atoms with van der Waals surface area (Å²) in [4.78, 5) is 14.6. The summed E-state index contributed by atoms with van der Waals surface area (Å²) in [6.07, 6.45) is 0. The lowest BCUT2D eigenvalue weighted by molar-refractivity contribution is -0.145. The highest BCUT2D eigenvalue weighted by molar-refractivity contribution is 5.95. The number of nitrogens with one attached hydrogen (secondary N) is 1. The van der Waals surface area contributed by atoms with Crippen molar-refractivity contribution in [1.82, 2.24) is 4.90 Å². The van der Waals surface area contributed by atoms with Gasteiger partial charge in [-0.25, -0.2) is 0 Å². The van der Waals surface area contributed by atoms with Gasteiger partial charge in [-0.2, -0.15) is 0 Å². The Morgan fingerprint density at radius 2 is 1.96 bits per heavy atom. The molecule has 2 atom stereocenters. The fraction of sp³-hybridized carbons (Fsp3) is 0.300. The van der Waals surface area contributed by atoms with Crippen molar-refractivity contribution in [3.63, 3.8) is 0 Å². The van der Waals surface area contributed by atoms with E-state index in [1.165, 1.54) is 12.7 Å². The topological polar surface area (TPSA) is 79.4 Å². The Balaban J connectivity index is 1.84. The van der Waals surface area contributed by atoms with Crippen LogP contribution in [0.4, 0.5) is 0 Å². The molecule has 0 amide bonds.